The summed E-state index contributed by atoms with van der Waals surface area (Å²) in [4.78, 5) is 20.9. The van der Waals surface area contributed by atoms with Crippen LogP contribution in [0, 0.1) is 0 Å². The second-order valence-electron chi connectivity index (χ2n) is 7.24. The lowest BCUT2D eigenvalue weighted by Gasteiger charge is -2.14. The van der Waals surface area contributed by atoms with E-state index in [1.54, 1.807) is 19.0 Å². The number of hydrogen-bond donors (Lipinski definition) is 2. The van der Waals surface area contributed by atoms with E-state index in [1.807, 2.05) is 18.2 Å². The van der Waals surface area contributed by atoms with Crippen molar-refractivity contribution in [3.8, 4) is 0 Å². The van der Waals surface area contributed by atoms with Crippen molar-refractivity contribution in [1.29, 1.82) is 0 Å². The molecule has 1 aliphatic rings. The second-order valence-corrected chi connectivity index (χ2v) is 7.24. The van der Waals surface area contributed by atoms with Crippen molar-refractivity contribution >= 4 is 35.8 Å². The van der Waals surface area contributed by atoms with Crippen LogP contribution in [0.1, 0.15) is 42.1 Å². The first kappa shape index (κ1) is 24.7. The molecule has 0 aliphatic carbocycles. The van der Waals surface area contributed by atoms with Gasteiger partial charge in [-0.1, -0.05) is 12.1 Å². The van der Waals surface area contributed by atoms with Gasteiger partial charge < -0.3 is 20.4 Å². The smallest absolute Gasteiger partial charge is 0.253 e. The summed E-state index contributed by atoms with van der Waals surface area (Å²) in [6.45, 7) is 8.21. The molecule has 1 saturated heterocycles. The molecule has 0 saturated carbocycles. The first-order chi connectivity index (χ1) is 13.1. The minimum absolute atomic E-state index is 0. The molecule has 1 aromatic carbocycles. The molecule has 0 radical (unpaired) electrons. The molecule has 1 amide bonds. The molecule has 7 heteroatoms. The Balaban J connectivity index is 0.00000392. The lowest BCUT2D eigenvalue weighted by molar-refractivity contribution is 0.0827. The van der Waals surface area contributed by atoms with E-state index in [0.717, 1.165) is 56.1 Å². The summed E-state index contributed by atoms with van der Waals surface area (Å²) in [5.41, 5.74) is 1.89. The Labute approximate surface area is 187 Å². The molecule has 0 unspecified atom stereocenters. The maximum atomic E-state index is 12.1. The fourth-order valence-electron chi connectivity index (χ4n) is 3.28. The fraction of sp³-hybridized carbons (Fsp3) is 0.619. The molecule has 28 heavy (non-hydrogen) atoms. The van der Waals surface area contributed by atoms with Crippen LogP contribution in [-0.4, -0.2) is 75.0 Å². The number of halogens is 1. The first-order valence-corrected chi connectivity index (χ1v) is 10.1. The zero-order chi connectivity index (χ0) is 19.5. The highest BCUT2D eigenvalue weighted by atomic mass is 127. The average Bonchev–Trinajstić information content (AvgIpc) is 3.18. The zero-order valence-corrected chi connectivity index (χ0v) is 19.9. The third kappa shape index (κ3) is 8.77. The van der Waals surface area contributed by atoms with E-state index in [2.05, 4.69) is 33.5 Å². The van der Waals surface area contributed by atoms with E-state index < -0.39 is 0 Å². The summed E-state index contributed by atoms with van der Waals surface area (Å²) < 4.78 is 0. The molecule has 2 N–H and O–H groups in total. The maximum Gasteiger partial charge on any atom is 0.253 e. The van der Waals surface area contributed by atoms with Crippen molar-refractivity contribution < 1.29 is 4.79 Å². The Morgan fingerprint density at radius 2 is 1.96 bits per heavy atom. The highest BCUT2D eigenvalue weighted by molar-refractivity contribution is 14.0. The molecule has 6 nitrogen and oxygen atoms in total. The molecule has 1 aliphatic heterocycles. The maximum absolute atomic E-state index is 12.1. The lowest BCUT2D eigenvalue weighted by Crippen LogP contribution is -2.38. The summed E-state index contributed by atoms with van der Waals surface area (Å²) in [5.74, 6) is 0.914. The van der Waals surface area contributed by atoms with Crippen LogP contribution in [0.4, 0.5) is 0 Å². The second kappa shape index (κ2) is 13.8. The number of amides is 1. The van der Waals surface area contributed by atoms with E-state index in [4.69, 9.17) is 0 Å². The van der Waals surface area contributed by atoms with Gasteiger partial charge in [0, 0.05) is 39.3 Å². The van der Waals surface area contributed by atoms with E-state index >= 15 is 0 Å². The number of carbonyl (C=O) groups excluding carboxylic acids is 1. The standard InChI is InChI=1S/C21H35N5O.HI/c1-4-22-21(23-12-8-16-26-14-5-6-15-26)24-13-11-18-9-7-10-19(17-18)20(27)25(2)3;/h7,9-10,17H,4-6,8,11-16H2,1-3H3,(H2,22,23,24);1H. The van der Waals surface area contributed by atoms with Crippen molar-refractivity contribution in [3.05, 3.63) is 35.4 Å². The number of nitrogens with one attached hydrogen (secondary N) is 2. The molecule has 1 fully saturated rings. The summed E-state index contributed by atoms with van der Waals surface area (Å²) in [6, 6.07) is 7.85. The van der Waals surface area contributed by atoms with Crippen molar-refractivity contribution in [3.63, 3.8) is 0 Å². The SMILES string of the molecule is CCNC(=NCCCN1CCCC1)NCCc1cccc(C(=O)N(C)C)c1.I. The third-order valence-electron chi connectivity index (χ3n) is 4.73. The van der Waals surface area contributed by atoms with Crippen LogP contribution < -0.4 is 10.6 Å². The largest absolute Gasteiger partial charge is 0.357 e. The Morgan fingerprint density at radius 1 is 1.21 bits per heavy atom. The molecule has 0 aromatic heterocycles. The molecule has 0 spiro atoms. The van der Waals surface area contributed by atoms with Gasteiger partial charge in [0.2, 0.25) is 0 Å². The van der Waals surface area contributed by atoms with Crippen LogP contribution in [0.25, 0.3) is 0 Å². The normalized spacial score (nSPS) is 14.5. The van der Waals surface area contributed by atoms with Crippen LogP contribution in [0.5, 0.6) is 0 Å². The number of likely N-dealkylation sites (tertiary alicyclic amines) is 1. The summed E-state index contributed by atoms with van der Waals surface area (Å²) in [5, 5.41) is 6.71. The Hall–Kier alpha value is -1.35. The van der Waals surface area contributed by atoms with Crippen molar-refractivity contribution in [2.24, 2.45) is 4.99 Å². The predicted octanol–water partition coefficient (Wildman–Crippen LogP) is 2.59. The van der Waals surface area contributed by atoms with Gasteiger partial charge in [-0.3, -0.25) is 9.79 Å². The number of hydrogen-bond acceptors (Lipinski definition) is 3. The van der Waals surface area contributed by atoms with Crippen molar-refractivity contribution in [2.45, 2.75) is 32.6 Å². The summed E-state index contributed by atoms with van der Waals surface area (Å²) >= 11 is 0. The van der Waals surface area contributed by atoms with Gasteiger partial charge in [0.1, 0.15) is 0 Å². The van der Waals surface area contributed by atoms with Gasteiger partial charge in [-0.15, -0.1) is 24.0 Å². The number of guanidine groups is 1. The van der Waals surface area contributed by atoms with Crippen LogP contribution in [0.2, 0.25) is 0 Å². The predicted molar refractivity (Wildman–Crippen MR) is 128 cm³/mol. The van der Waals surface area contributed by atoms with Gasteiger partial charge in [-0.2, -0.15) is 0 Å². The van der Waals surface area contributed by atoms with Crippen molar-refractivity contribution in [2.75, 3.05) is 53.4 Å². The van der Waals surface area contributed by atoms with Crippen LogP contribution >= 0.6 is 24.0 Å². The van der Waals surface area contributed by atoms with Crippen LogP contribution in [0.3, 0.4) is 0 Å². The van der Waals surface area contributed by atoms with Crippen molar-refractivity contribution in [1.82, 2.24) is 20.4 Å². The number of rotatable bonds is 9. The third-order valence-corrected chi connectivity index (χ3v) is 4.73. The molecular formula is C21H36IN5O. The molecule has 0 atom stereocenters. The van der Waals surface area contributed by atoms with E-state index in [0.29, 0.717) is 0 Å². The van der Waals surface area contributed by atoms with Gasteiger partial charge in [0.25, 0.3) is 5.91 Å². The minimum atomic E-state index is 0. The number of nitrogens with zero attached hydrogens (tertiary/aromatic N) is 3. The number of aliphatic imine (C=N–C) groups is 1. The van der Waals surface area contributed by atoms with E-state index in [9.17, 15) is 4.79 Å². The summed E-state index contributed by atoms with van der Waals surface area (Å²) in [7, 11) is 3.55. The first-order valence-electron chi connectivity index (χ1n) is 10.1. The monoisotopic (exact) mass is 501 g/mol. The molecule has 0 bridgehead atoms. The quantitative estimate of drug-likeness (QED) is 0.237. The topological polar surface area (TPSA) is 60.0 Å². The van der Waals surface area contributed by atoms with E-state index in [-0.39, 0.29) is 29.9 Å². The highest BCUT2D eigenvalue weighted by Gasteiger charge is 2.10. The lowest BCUT2D eigenvalue weighted by atomic mass is 10.1. The minimum Gasteiger partial charge on any atom is -0.357 e. The molecular weight excluding hydrogens is 465 g/mol. The number of benzene rings is 1. The van der Waals surface area contributed by atoms with Gasteiger partial charge in [0.15, 0.2) is 5.96 Å². The zero-order valence-electron chi connectivity index (χ0n) is 17.5. The molecule has 1 heterocycles. The van der Waals surface area contributed by atoms with Crippen LogP contribution in [0.15, 0.2) is 29.3 Å². The van der Waals surface area contributed by atoms with Gasteiger partial charge in [-0.05, 0) is 69.9 Å². The van der Waals surface area contributed by atoms with E-state index in [1.165, 1.54) is 25.9 Å². The molecule has 158 valence electrons. The average molecular weight is 501 g/mol. The summed E-state index contributed by atoms with van der Waals surface area (Å²) in [6.07, 6.45) is 4.64. The Kier molecular flexibility index (Phi) is 12.1. The Bertz CT molecular complexity index is 615. The van der Waals surface area contributed by atoms with Gasteiger partial charge in [-0.25, -0.2) is 0 Å². The molecule has 2 rings (SSSR count). The molecule has 1 aromatic rings. The Morgan fingerprint density at radius 3 is 2.64 bits per heavy atom. The van der Waals surface area contributed by atoms with Crippen LogP contribution in [-0.2, 0) is 6.42 Å². The van der Waals surface area contributed by atoms with Gasteiger partial charge >= 0.3 is 0 Å². The highest BCUT2D eigenvalue weighted by Crippen LogP contribution is 2.08. The fourth-order valence-corrected chi connectivity index (χ4v) is 3.28. The van der Waals surface area contributed by atoms with Gasteiger partial charge in [0.05, 0.1) is 0 Å². The number of carbonyl (C=O) groups is 1.